The van der Waals surface area contributed by atoms with Gasteiger partial charge in [-0.1, -0.05) is 0 Å². The molecule has 44 heavy (non-hydrogen) atoms. The Hall–Kier alpha value is -0.174. The van der Waals surface area contributed by atoms with Crippen LogP contribution in [-0.2, 0) is 34.1 Å². The Morgan fingerprint density at radius 3 is 0.250 bits per heavy atom. The smallest absolute Gasteiger partial charge is 0.444 e. The molecule has 0 fully saturated rings. The maximum atomic E-state index is 8.00. The molecule has 0 spiro atoms. The summed E-state index contributed by atoms with van der Waals surface area (Å²) in [4.78, 5) is 96.0. The summed E-state index contributed by atoms with van der Waals surface area (Å²) in [6, 6.07) is 0. The molecule has 36 nitrogen and oxygen atoms in total. The van der Waals surface area contributed by atoms with E-state index in [0.717, 1.165) is 64.1 Å². The third kappa shape index (κ3) is 2300000. The van der Waals surface area contributed by atoms with Crippen LogP contribution >= 0.6 is 0 Å². The van der Waals surface area contributed by atoms with Crippen LogP contribution in [0.4, 0.5) is 0 Å². The Morgan fingerprint density at radius 2 is 0.250 bits per heavy atom. The Kier molecular flexibility index (Phi) is 1720. The van der Waals surface area contributed by atoms with Gasteiger partial charge in [0.1, 0.15) is 0 Å². The van der Waals surface area contributed by atoms with Gasteiger partial charge in [0.2, 0.25) is 0 Å². The molecule has 0 saturated carbocycles. The van der Waals surface area contributed by atoms with Crippen molar-refractivity contribution in [3.8, 4) is 0 Å². The molecule has 0 unspecified atom stereocenters. The quantitative estimate of drug-likeness (QED) is 0.186. The van der Waals surface area contributed by atoms with Crippen molar-refractivity contribution in [1.29, 1.82) is 0 Å². The van der Waals surface area contributed by atoms with Gasteiger partial charge in [-0.3, -0.25) is 0 Å². The standard InChI is InChI=1S/Ce.2Fe.12HNO2.5Tl/c;;;12*2-1-3;;;;;/h;;;12*(H,2,3);;;;;/q;;+2;;;;;;;;;;;;;;;3*+1/p-12. The predicted molar refractivity (Wildman–Crippen MR) is 139 cm³/mol. The van der Waals surface area contributed by atoms with Crippen molar-refractivity contribution in [3.63, 3.8) is 0 Å². The van der Waals surface area contributed by atoms with Crippen molar-refractivity contribution >= 4 is 136 Å². The second-order valence-corrected chi connectivity index (χ2v) is 0.894. The monoisotopic (exact) mass is 1830 g/mol. The van der Waals surface area contributed by atoms with Crippen LogP contribution in [0.15, 0.2) is 64.1 Å². The predicted octanol–water partition coefficient (Wildman–Crippen LogP) is 1.10. The molecule has 0 aliphatic rings. The second kappa shape index (κ2) is 536. The van der Waals surface area contributed by atoms with Gasteiger partial charge in [0.15, 0.2) is 0 Å². The first-order valence-corrected chi connectivity index (χ1v) is 4.38. The number of rotatable bonds is 0. The molecule has 0 aliphatic heterocycles. The molecule has 0 saturated heterocycles. The summed E-state index contributed by atoms with van der Waals surface area (Å²) in [6.07, 6.45) is 0. The first kappa shape index (κ1) is 142. The van der Waals surface area contributed by atoms with Crippen LogP contribution in [-0.4, -0.2) is 136 Å². The van der Waals surface area contributed by atoms with Crippen molar-refractivity contribution < 1.29 is 75.9 Å². The zero-order valence-electron chi connectivity index (χ0n) is 19.3. The summed E-state index contributed by atoms with van der Waals surface area (Å²) in [6.45, 7) is 0. The normalized spacial score (nSPS) is 3.27. The second-order valence-electron chi connectivity index (χ2n) is 0.894. The van der Waals surface area contributed by atoms with Crippen molar-refractivity contribution in [2.45, 2.75) is 0 Å². The van der Waals surface area contributed by atoms with Gasteiger partial charge in [0.25, 0.3) is 0 Å². The Bertz CT molecular complexity index is 293. The van der Waals surface area contributed by atoms with E-state index in [2.05, 4.69) is 0 Å². The number of hydrogen-bond donors (Lipinski definition) is 0. The molecule has 44 heteroatoms. The van der Waals surface area contributed by atoms with Gasteiger partial charge in [-0.25, -0.2) is 0 Å². The summed E-state index contributed by atoms with van der Waals surface area (Å²) in [5, 5.41) is 108. The summed E-state index contributed by atoms with van der Waals surface area (Å²) < 4.78 is 0. The average molecular weight is 1830 g/mol. The molecule has 0 atom stereocenters. The van der Waals surface area contributed by atoms with Crippen LogP contribution < -0.4 is 0 Å². The number of nitrogens with zero attached hydrogens (tertiary/aromatic N) is 12. The van der Waals surface area contributed by atoms with E-state index in [1.165, 1.54) is 0 Å². The first-order valence-electron chi connectivity index (χ1n) is 4.38. The van der Waals surface area contributed by atoms with Crippen LogP contribution in [0.1, 0.15) is 0 Å². The van der Waals surface area contributed by atoms with Crippen LogP contribution in [0.2, 0.25) is 0 Å². The van der Waals surface area contributed by atoms with E-state index in [0.29, 0.717) is 0 Å². The minimum absolute atomic E-state index is 0. The SMILES string of the molecule is O=N[O-].O=N[O-].O=N[O-].O=N[O-].O=N[O-].O=N[O-].O=N[O-].O=N[O-].O=N[O-].O=N[O-].O=N[O-].O=N[O-].[Ce].[Fe+2].[Fe].[Tl+].[Tl+].[Tl+].[Tl].[Tl]. The molecule has 0 aromatic carbocycles. The molecule has 0 N–H and O–H groups in total. The van der Waals surface area contributed by atoms with Gasteiger partial charge in [-0.15, -0.1) is 64.1 Å². The maximum absolute atomic E-state index is 8.00. The molecular weight excluding hydrogens is 1830 g/mol. The number of hydrogen-bond acceptors (Lipinski definition) is 36. The van der Waals surface area contributed by atoms with Crippen LogP contribution in [0.3, 0.4) is 0 Å². The first-order chi connectivity index (χ1) is 17.0. The molecular formula is CeFe2N12O24Tl5-7. The molecule has 0 aromatic rings. The van der Waals surface area contributed by atoms with E-state index in [9.17, 15) is 0 Å². The molecule has 0 aliphatic carbocycles. The fourth-order valence-corrected chi connectivity index (χ4v) is 0. The van der Waals surface area contributed by atoms with Crippen molar-refractivity contribution in [2.24, 2.45) is 64.1 Å². The van der Waals surface area contributed by atoms with Crippen molar-refractivity contribution in [3.05, 3.63) is 121 Å². The molecule has 0 rings (SSSR count). The Balaban J connectivity index is -0.00000000780. The zero-order valence-corrected chi connectivity index (χ0v) is 47.1. The van der Waals surface area contributed by atoms with Gasteiger partial charge in [-0.2, -0.15) is 0 Å². The van der Waals surface area contributed by atoms with Gasteiger partial charge >= 0.3 is 99.0 Å². The Morgan fingerprint density at radius 1 is 0.250 bits per heavy atom. The van der Waals surface area contributed by atoms with E-state index in [1.807, 2.05) is 0 Å². The third-order valence-corrected chi connectivity index (χ3v) is 0. The topological polar surface area (TPSA) is 630 Å². The molecule has 0 bridgehead atoms. The molecule has 2 radical (unpaired) electrons. The fourth-order valence-electron chi connectivity index (χ4n) is 0. The minimum Gasteiger partial charge on any atom is -0.444 e. The molecule has 0 amide bonds. The van der Waals surface area contributed by atoms with Gasteiger partial charge < -0.3 is 121 Å². The summed E-state index contributed by atoms with van der Waals surface area (Å²) in [5.74, 6) is 0. The average Bonchev–Trinajstić information content (AvgIpc) is 2.75. The van der Waals surface area contributed by atoms with E-state index >= 15 is 0 Å². The van der Waals surface area contributed by atoms with Crippen molar-refractivity contribution in [2.75, 3.05) is 0 Å². The fraction of sp³-hybridized carbons (Fsp3) is 0. The summed E-state index contributed by atoms with van der Waals surface area (Å²) >= 11 is 0. The molecule has 0 aromatic heterocycles. The maximum Gasteiger partial charge on any atom is 2.00 e. The van der Waals surface area contributed by atoms with Crippen LogP contribution in [0, 0.1) is 163 Å². The van der Waals surface area contributed by atoms with Gasteiger partial charge in [-0.05, 0) is 0 Å². The van der Waals surface area contributed by atoms with Crippen LogP contribution in [0.5, 0.6) is 0 Å². The largest absolute Gasteiger partial charge is 2.00 e. The zero-order chi connectivity index (χ0) is 32.5. The summed E-state index contributed by atoms with van der Waals surface area (Å²) in [5.41, 5.74) is 0. The van der Waals surface area contributed by atoms with E-state index in [4.69, 9.17) is 121 Å². The molecule has 0 heterocycles. The van der Waals surface area contributed by atoms with E-state index < -0.39 is 0 Å². The molecule has 246 valence electrons. The van der Waals surface area contributed by atoms with Gasteiger partial charge in [0.05, 0.1) is 0 Å². The third-order valence-electron chi connectivity index (χ3n) is 0. The minimum atomic E-state index is 0. The van der Waals surface area contributed by atoms with Gasteiger partial charge in [0, 0.05) is 113 Å². The van der Waals surface area contributed by atoms with Crippen LogP contribution in [0.25, 0.3) is 0 Å². The summed E-state index contributed by atoms with van der Waals surface area (Å²) in [7, 11) is 0. The van der Waals surface area contributed by atoms with E-state index in [1.54, 1.807) is 0 Å². The Labute approximate surface area is 391 Å². The van der Waals surface area contributed by atoms with E-state index in [-0.39, 0.29) is 212 Å². The van der Waals surface area contributed by atoms with Crippen molar-refractivity contribution in [1.82, 2.24) is 0 Å².